The Hall–Kier alpha value is -1.54. The molecule has 0 aliphatic heterocycles. The zero-order valence-electron chi connectivity index (χ0n) is 8.40. The summed E-state index contributed by atoms with van der Waals surface area (Å²) in [7, 11) is 3.65. The molecular weight excluding hydrogens is 258 g/mol. The predicted molar refractivity (Wildman–Crippen MR) is 62.4 cm³/mol. The van der Waals surface area contributed by atoms with E-state index in [9.17, 15) is 5.11 Å². The fraction of sp³-hybridized carbons (Fsp3) is 0.200. The van der Waals surface area contributed by atoms with Gasteiger partial charge in [0.25, 0.3) is 0 Å². The molecule has 0 fully saturated rings. The largest absolute Gasteiger partial charge is 0.506 e. The number of nitriles is 1. The highest BCUT2D eigenvalue weighted by molar-refractivity contribution is 9.10. The normalized spacial score (nSPS) is 10.3. The van der Waals surface area contributed by atoms with Crippen LogP contribution < -0.4 is 0 Å². The van der Waals surface area contributed by atoms with E-state index >= 15 is 0 Å². The predicted octanol–water partition coefficient (Wildman–Crippen LogP) is 2.25. The minimum Gasteiger partial charge on any atom is -0.506 e. The van der Waals surface area contributed by atoms with Crippen LogP contribution in [0.15, 0.2) is 21.6 Å². The molecule has 1 aromatic rings. The maximum Gasteiger partial charge on any atom is 0.136 e. The molecule has 0 saturated carbocycles. The highest BCUT2D eigenvalue weighted by Gasteiger charge is 2.07. The molecular formula is C10H10BrN3O. The molecule has 1 rings (SSSR count). The molecule has 5 heteroatoms. The molecule has 0 aliphatic carbocycles. The lowest BCUT2D eigenvalue weighted by Gasteiger charge is -2.05. The van der Waals surface area contributed by atoms with E-state index < -0.39 is 0 Å². The summed E-state index contributed by atoms with van der Waals surface area (Å²) in [6, 6.07) is 5.06. The molecule has 0 bridgehead atoms. The minimum atomic E-state index is -0.0715. The van der Waals surface area contributed by atoms with E-state index in [-0.39, 0.29) is 11.3 Å². The van der Waals surface area contributed by atoms with Gasteiger partial charge in [-0.1, -0.05) is 15.9 Å². The molecule has 0 heterocycles. The molecule has 0 aromatic heterocycles. The van der Waals surface area contributed by atoms with Crippen LogP contribution in [0.25, 0.3) is 0 Å². The standard InChI is InChI=1S/C10H10BrN3O/c1-14(2)6-13-9-3-7(11)4-10(15)8(9)5-12/h3-4,6,15H,1-2H3. The van der Waals surface area contributed by atoms with Gasteiger partial charge in [0.2, 0.25) is 0 Å². The summed E-state index contributed by atoms with van der Waals surface area (Å²) in [6.07, 6.45) is 1.57. The number of hydrogen-bond donors (Lipinski definition) is 1. The Morgan fingerprint density at radius 2 is 2.20 bits per heavy atom. The van der Waals surface area contributed by atoms with E-state index in [1.54, 1.807) is 17.3 Å². The number of hydrogen-bond acceptors (Lipinski definition) is 3. The number of halogens is 1. The van der Waals surface area contributed by atoms with Crippen LogP contribution in [-0.2, 0) is 0 Å². The van der Waals surface area contributed by atoms with E-state index in [1.165, 1.54) is 6.07 Å². The quantitative estimate of drug-likeness (QED) is 0.661. The molecule has 1 N–H and O–H groups in total. The molecule has 1 aromatic carbocycles. The van der Waals surface area contributed by atoms with E-state index in [0.29, 0.717) is 10.2 Å². The second-order valence-electron chi connectivity index (χ2n) is 3.14. The van der Waals surface area contributed by atoms with Gasteiger partial charge in [-0.3, -0.25) is 0 Å². The number of phenols is 1. The first-order chi connectivity index (χ1) is 7.04. The van der Waals surface area contributed by atoms with E-state index in [4.69, 9.17) is 5.26 Å². The van der Waals surface area contributed by atoms with Gasteiger partial charge < -0.3 is 10.0 Å². The maximum absolute atomic E-state index is 9.50. The third-order valence-electron chi connectivity index (χ3n) is 1.60. The average Bonchev–Trinajstić information content (AvgIpc) is 2.13. The number of nitrogens with zero attached hydrogens (tertiary/aromatic N) is 3. The number of rotatable bonds is 2. The van der Waals surface area contributed by atoms with Gasteiger partial charge in [0.1, 0.15) is 17.4 Å². The Balaban J connectivity index is 3.22. The molecule has 0 amide bonds. The van der Waals surface area contributed by atoms with Gasteiger partial charge in [-0.2, -0.15) is 5.26 Å². The lowest BCUT2D eigenvalue weighted by molar-refractivity contribution is 0.473. The number of benzene rings is 1. The molecule has 0 radical (unpaired) electrons. The first-order valence-corrected chi connectivity index (χ1v) is 4.97. The van der Waals surface area contributed by atoms with Crippen LogP contribution in [0.5, 0.6) is 5.75 Å². The summed E-state index contributed by atoms with van der Waals surface area (Å²) < 4.78 is 0.685. The van der Waals surface area contributed by atoms with Gasteiger partial charge in [0.15, 0.2) is 0 Å². The molecule has 0 unspecified atom stereocenters. The van der Waals surface area contributed by atoms with Crippen molar-refractivity contribution < 1.29 is 5.11 Å². The summed E-state index contributed by atoms with van der Waals surface area (Å²) in [5.74, 6) is -0.0715. The Kier molecular flexibility index (Phi) is 3.69. The van der Waals surface area contributed by atoms with Gasteiger partial charge in [0, 0.05) is 18.6 Å². The van der Waals surface area contributed by atoms with E-state index in [1.807, 2.05) is 20.2 Å². The molecule has 78 valence electrons. The highest BCUT2D eigenvalue weighted by atomic mass is 79.9. The fourth-order valence-corrected chi connectivity index (χ4v) is 1.41. The van der Waals surface area contributed by atoms with Gasteiger partial charge in [-0.05, 0) is 12.1 Å². The average molecular weight is 268 g/mol. The van der Waals surface area contributed by atoms with Crippen LogP contribution in [0.4, 0.5) is 5.69 Å². The molecule has 0 saturated heterocycles. The van der Waals surface area contributed by atoms with Crippen molar-refractivity contribution in [2.24, 2.45) is 4.99 Å². The zero-order chi connectivity index (χ0) is 11.4. The number of phenolic OH excluding ortho intramolecular Hbond substituents is 1. The summed E-state index contributed by atoms with van der Waals surface area (Å²) in [4.78, 5) is 5.84. The first-order valence-electron chi connectivity index (χ1n) is 4.18. The molecule has 0 spiro atoms. The summed E-state index contributed by atoms with van der Waals surface area (Å²) in [5.41, 5.74) is 0.620. The summed E-state index contributed by atoms with van der Waals surface area (Å²) in [6.45, 7) is 0. The Labute approximate surface area is 96.6 Å². The lowest BCUT2D eigenvalue weighted by Crippen LogP contribution is -2.07. The molecule has 0 atom stereocenters. The van der Waals surface area contributed by atoms with Crippen molar-refractivity contribution in [1.82, 2.24) is 4.90 Å². The van der Waals surface area contributed by atoms with E-state index in [0.717, 1.165) is 0 Å². The van der Waals surface area contributed by atoms with Gasteiger partial charge in [-0.25, -0.2) is 4.99 Å². The van der Waals surface area contributed by atoms with Crippen LogP contribution >= 0.6 is 15.9 Å². The Morgan fingerprint density at radius 1 is 1.53 bits per heavy atom. The number of aliphatic imine (C=N–C) groups is 1. The van der Waals surface area contributed by atoms with Crippen molar-refractivity contribution in [2.75, 3.05) is 14.1 Å². The van der Waals surface area contributed by atoms with Crippen LogP contribution in [0, 0.1) is 11.3 Å². The van der Waals surface area contributed by atoms with Crippen molar-refractivity contribution in [3.05, 3.63) is 22.2 Å². The summed E-state index contributed by atoms with van der Waals surface area (Å²) >= 11 is 3.23. The third kappa shape index (κ3) is 2.96. The monoisotopic (exact) mass is 267 g/mol. The van der Waals surface area contributed by atoms with Gasteiger partial charge in [-0.15, -0.1) is 0 Å². The maximum atomic E-state index is 9.50. The van der Waals surface area contributed by atoms with Crippen molar-refractivity contribution in [3.8, 4) is 11.8 Å². The van der Waals surface area contributed by atoms with Crippen molar-refractivity contribution in [2.45, 2.75) is 0 Å². The van der Waals surface area contributed by atoms with Gasteiger partial charge >= 0.3 is 0 Å². The first kappa shape index (κ1) is 11.5. The van der Waals surface area contributed by atoms with Crippen LogP contribution in [0.3, 0.4) is 0 Å². The van der Waals surface area contributed by atoms with Crippen molar-refractivity contribution >= 4 is 28.0 Å². The van der Waals surface area contributed by atoms with Crippen molar-refractivity contribution in [1.29, 1.82) is 5.26 Å². The molecule has 15 heavy (non-hydrogen) atoms. The highest BCUT2D eigenvalue weighted by Crippen LogP contribution is 2.31. The third-order valence-corrected chi connectivity index (χ3v) is 2.06. The topological polar surface area (TPSA) is 59.6 Å². The minimum absolute atomic E-state index is 0.0715. The Bertz CT molecular complexity index is 435. The second kappa shape index (κ2) is 4.80. The zero-order valence-corrected chi connectivity index (χ0v) is 9.98. The van der Waals surface area contributed by atoms with Gasteiger partial charge in [0.05, 0.1) is 12.0 Å². The second-order valence-corrected chi connectivity index (χ2v) is 4.05. The molecule has 0 aliphatic rings. The molecule has 4 nitrogen and oxygen atoms in total. The number of aromatic hydroxyl groups is 1. The van der Waals surface area contributed by atoms with E-state index in [2.05, 4.69) is 20.9 Å². The van der Waals surface area contributed by atoms with Crippen LogP contribution in [0.1, 0.15) is 5.56 Å². The van der Waals surface area contributed by atoms with Crippen molar-refractivity contribution in [3.63, 3.8) is 0 Å². The Morgan fingerprint density at radius 3 is 2.73 bits per heavy atom. The fourth-order valence-electron chi connectivity index (χ4n) is 0.972. The van der Waals surface area contributed by atoms with Crippen LogP contribution in [-0.4, -0.2) is 30.4 Å². The smallest absolute Gasteiger partial charge is 0.136 e. The summed E-state index contributed by atoms with van der Waals surface area (Å²) in [5, 5.41) is 18.3. The SMILES string of the molecule is CN(C)C=Nc1cc(Br)cc(O)c1C#N. The van der Waals surface area contributed by atoms with Crippen LogP contribution in [0.2, 0.25) is 0 Å². The lowest BCUT2D eigenvalue weighted by atomic mass is 10.2.